The van der Waals surface area contributed by atoms with Crippen LogP contribution in [-0.4, -0.2) is 29.2 Å². The molecule has 6 nitrogen and oxygen atoms in total. The molecule has 0 heterocycles. The van der Waals surface area contributed by atoms with Crippen LogP contribution in [0.15, 0.2) is 58.7 Å². The lowest BCUT2D eigenvalue weighted by Crippen LogP contribution is -2.34. The first-order valence-corrected chi connectivity index (χ1v) is 9.02. The highest BCUT2D eigenvalue weighted by atomic mass is 35.5. The van der Waals surface area contributed by atoms with Crippen molar-refractivity contribution in [3.8, 4) is 0 Å². The Balaban J connectivity index is 2.55. The Kier molecular flexibility index (Phi) is 7.20. The van der Waals surface area contributed by atoms with Crippen molar-refractivity contribution in [2.75, 3.05) is 6.54 Å². The van der Waals surface area contributed by atoms with E-state index in [1.807, 2.05) is 13.0 Å². The van der Waals surface area contributed by atoms with Gasteiger partial charge in [0.25, 0.3) is 5.91 Å². The van der Waals surface area contributed by atoms with E-state index < -0.39 is 18.4 Å². The van der Waals surface area contributed by atoms with E-state index >= 15 is 0 Å². The quantitative estimate of drug-likeness (QED) is 0.488. The monoisotopic (exact) mass is 419 g/mol. The van der Waals surface area contributed by atoms with Crippen molar-refractivity contribution in [2.45, 2.75) is 13.8 Å². The summed E-state index contributed by atoms with van der Waals surface area (Å²) >= 11 is 12.3. The van der Waals surface area contributed by atoms with Crippen LogP contribution in [0.4, 0.5) is 5.69 Å². The van der Waals surface area contributed by atoms with Gasteiger partial charge >= 0.3 is 5.97 Å². The molecule has 2 rings (SSSR count). The van der Waals surface area contributed by atoms with E-state index in [2.05, 4.69) is 10.3 Å². The maximum atomic E-state index is 12.2. The highest BCUT2D eigenvalue weighted by Crippen LogP contribution is 2.28. The summed E-state index contributed by atoms with van der Waals surface area (Å²) in [5, 5.41) is 12.0. The molecule has 146 valence electrons. The molecule has 4 N–H and O–H groups in total. The first-order chi connectivity index (χ1) is 13.2. The minimum Gasteiger partial charge on any atom is -0.480 e. The lowest BCUT2D eigenvalue weighted by Gasteiger charge is -2.12. The van der Waals surface area contributed by atoms with E-state index in [0.29, 0.717) is 32.6 Å². The lowest BCUT2D eigenvalue weighted by molar-refractivity contribution is -0.137. The summed E-state index contributed by atoms with van der Waals surface area (Å²) in [5.41, 5.74) is 8.79. The topological polar surface area (TPSA) is 105 Å². The van der Waals surface area contributed by atoms with Crippen molar-refractivity contribution in [2.24, 2.45) is 10.7 Å². The number of allylic oxidation sites excluding steroid dienone is 1. The molecule has 0 saturated carbocycles. The van der Waals surface area contributed by atoms with Crippen molar-refractivity contribution < 1.29 is 14.7 Å². The number of carboxylic acids is 1. The molecule has 0 aliphatic rings. The molecule has 0 unspecified atom stereocenters. The van der Waals surface area contributed by atoms with Gasteiger partial charge in [-0.2, -0.15) is 0 Å². The molecular formula is C20H19Cl2N3O3. The summed E-state index contributed by atoms with van der Waals surface area (Å²) in [6, 6.07) is 12.3. The molecule has 0 saturated heterocycles. The molecule has 0 bridgehead atoms. The number of hydrogen-bond donors (Lipinski definition) is 3. The number of nitrogens with two attached hydrogens (primary N) is 1. The zero-order valence-electron chi connectivity index (χ0n) is 15.3. The van der Waals surface area contributed by atoms with Crippen molar-refractivity contribution in [1.82, 2.24) is 5.32 Å². The van der Waals surface area contributed by atoms with E-state index in [1.165, 1.54) is 0 Å². The van der Waals surface area contributed by atoms with Crippen LogP contribution >= 0.6 is 23.2 Å². The third kappa shape index (κ3) is 5.58. The normalized spacial score (nSPS) is 12.4. The number of nitrogens with zero attached hydrogens (tertiary/aromatic N) is 1. The number of carbonyl (C=O) groups excluding carboxylic acids is 1. The van der Waals surface area contributed by atoms with Crippen LogP contribution in [0.3, 0.4) is 0 Å². The molecule has 28 heavy (non-hydrogen) atoms. The third-order valence-electron chi connectivity index (χ3n) is 3.86. The molecule has 0 radical (unpaired) electrons. The molecule has 0 aliphatic heterocycles. The van der Waals surface area contributed by atoms with Gasteiger partial charge in [-0.1, -0.05) is 41.4 Å². The number of rotatable bonds is 6. The van der Waals surface area contributed by atoms with Crippen LogP contribution in [0.5, 0.6) is 0 Å². The zero-order chi connectivity index (χ0) is 20.8. The number of aliphatic carboxylic acids is 1. The second-order valence-electron chi connectivity index (χ2n) is 6.04. The van der Waals surface area contributed by atoms with Crippen molar-refractivity contribution >= 4 is 46.5 Å². The van der Waals surface area contributed by atoms with Gasteiger partial charge in [0, 0.05) is 16.2 Å². The SMILES string of the molecule is C/C(C(=Nc1ccc(C)cc1Cl)c1ccc(Cl)cc1)=C(/N)C(=O)NCC(=O)O. The Bertz CT molecular complexity index is 967. The second-order valence-corrected chi connectivity index (χ2v) is 6.88. The van der Waals surface area contributed by atoms with Crippen LogP contribution in [0.25, 0.3) is 0 Å². The fourth-order valence-electron chi connectivity index (χ4n) is 2.34. The van der Waals surface area contributed by atoms with Gasteiger partial charge in [0.1, 0.15) is 12.2 Å². The minimum atomic E-state index is -1.17. The molecule has 0 aromatic heterocycles. The molecule has 1 amide bonds. The number of carbonyl (C=O) groups is 2. The molecule has 8 heteroatoms. The van der Waals surface area contributed by atoms with Crippen LogP contribution in [-0.2, 0) is 9.59 Å². The highest BCUT2D eigenvalue weighted by Gasteiger charge is 2.16. The Morgan fingerprint density at radius 3 is 2.36 bits per heavy atom. The summed E-state index contributed by atoms with van der Waals surface area (Å²) in [4.78, 5) is 27.5. The number of benzene rings is 2. The lowest BCUT2D eigenvalue weighted by atomic mass is 10.0. The predicted octanol–water partition coefficient (Wildman–Crippen LogP) is 3.86. The summed E-state index contributed by atoms with van der Waals surface area (Å²) in [6.45, 7) is 3.00. The average Bonchev–Trinajstić information content (AvgIpc) is 2.65. The molecule has 2 aromatic carbocycles. The standard InChI is InChI=1S/C20H19Cl2N3O3/c1-11-3-8-16(15(22)9-11)25-19(13-4-6-14(21)7-5-13)12(2)18(23)20(28)24-10-17(26)27/h3-9H,10,23H2,1-2H3,(H,24,28)(H,26,27)/b18-12-,25-19?. The van der Waals surface area contributed by atoms with Gasteiger partial charge in [-0.3, -0.25) is 9.59 Å². The third-order valence-corrected chi connectivity index (χ3v) is 4.41. The Morgan fingerprint density at radius 2 is 1.79 bits per heavy atom. The Labute approximate surface area is 172 Å². The van der Waals surface area contributed by atoms with E-state index in [1.54, 1.807) is 43.3 Å². The smallest absolute Gasteiger partial charge is 0.322 e. The average molecular weight is 420 g/mol. The minimum absolute atomic E-state index is 0.141. The second kappa shape index (κ2) is 9.39. The van der Waals surface area contributed by atoms with E-state index in [-0.39, 0.29) is 5.70 Å². The van der Waals surface area contributed by atoms with Crippen molar-refractivity contribution in [3.63, 3.8) is 0 Å². The number of nitrogens with one attached hydrogen (secondary N) is 1. The molecule has 2 aromatic rings. The van der Waals surface area contributed by atoms with Gasteiger partial charge in [0.05, 0.1) is 16.4 Å². The molecule has 0 aliphatic carbocycles. The molecular weight excluding hydrogens is 401 g/mol. The fourth-order valence-corrected chi connectivity index (χ4v) is 2.75. The first kappa shape index (κ1) is 21.5. The highest BCUT2D eigenvalue weighted by molar-refractivity contribution is 6.33. The number of carboxylic acid groups (broad SMARTS) is 1. The summed E-state index contributed by atoms with van der Waals surface area (Å²) in [5.74, 6) is -1.87. The number of aliphatic imine (C=N–C) groups is 1. The van der Waals surface area contributed by atoms with Gasteiger partial charge in [0.15, 0.2) is 0 Å². The number of hydrogen-bond acceptors (Lipinski definition) is 4. The molecule has 0 fully saturated rings. The Hall–Kier alpha value is -2.83. The largest absolute Gasteiger partial charge is 0.480 e. The van der Waals surface area contributed by atoms with Crippen molar-refractivity contribution in [3.05, 3.63) is 74.9 Å². The summed E-state index contributed by atoms with van der Waals surface area (Å²) < 4.78 is 0. The van der Waals surface area contributed by atoms with Gasteiger partial charge in [-0.15, -0.1) is 0 Å². The van der Waals surface area contributed by atoms with Gasteiger partial charge < -0.3 is 16.2 Å². The maximum absolute atomic E-state index is 12.2. The summed E-state index contributed by atoms with van der Waals surface area (Å²) in [6.07, 6.45) is 0. The number of aryl methyl sites for hydroxylation is 1. The van der Waals surface area contributed by atoms with Gasteiger partial charge in [-0.25, -0.2) is 4.99 Å². The molecule has 0 atom stereocenters. The van der Waals surface area contributed by atoms with Crippen LogP contribution in [0, 0.1) is 6.92 Å². The fraction of sp³-hybridized carbons (Fsp3) is 0.150. The van der Waals surface area contributed by atoms with Crippen LogP contribution < -0.4 is 11.1 Å². The first-order valence-electron chi connectivity index (χ1n) is 8.26. The van der Waals surface area contributed by atoms with Crippen molar-refractivity contribution in [1.29, 1.82) is 0 Å². The van der Waals surface area contributed by atoms with Crippen LogP contribution in [0.1, 0.15) is 18.1 Å². The van der Waals surface area contributed by atoms with E-state index in [4.69, 9.17) is 34.0 Å². The van der Waals surface area contributed by atoms with Crippen LogP contribution in [0.2, 0.25) is 10.0 Å². The number of amides is 1. The van der Waals surface area contributed by atoms with E-state index in [9.17, 15) is 9.59 Å². The number of halogens is 2. The summed E-state index contributed by atoms with van der Waals surface area (Å²) in [7, 11) is 0. The Morgan fingerprint density at radius 1 is 1.14 bits per heavy atom. The maximum Gasteiger partial charge on any atom is 0.322 e. The zero-order valence-corrected chi connectivity index (χ0v) is 16.8. The predicted molar refractivity (Wildman–Crippen MR) is 111 cm³/mol. The van der Waals surface area contributed by atoms with Gasteiger partial charge in [0.2, 0.25) is 0 Å². The van der Waals surface area contributed by atoms with E-state index in [0.717, 1.165) is 5.56 Å². The molecule has 0 spiro atoms. The van der Waals surface area contributed by atoms with Gasteiger partial charge in [-0.05, 0) is 43.7 Å².